The van der Waals surface area contributed by atoms with Crippen LogP contribution in [0.1, 0.15) is 26.2 Å². The SMILES string of the molecule is CCNC(=O)CN1CCN(C(=O)[C@@H]2CCCCN2)CC1.Cl.Cl. The van der Waals surface area contributed by atoms with E-state index in [9.17, 15) is 9.59 Å². The highest BCUT2D eigenvalue weighted by atomic mass is 35.5. The molecule has 2 saturated heterocycles. The third-order valence-corrected chi connectivity index (χ3v) is 4.03. The molecule has 2 heterocycles. The van der Waals surface area contributed by atoms with Crippen molar-refractivity contribution in [3.8, 4) is 0 Å². The number of likely N-dealkylation sites (N-methyl/N-ethyl adjacent to an activating group) is 1. The monoisotopic (exact) mass is 354 g/mol. The molecule has 0 aromatic heterocycles. The van der Waals surface area contributed by atoms with Crippen LogP contribution in [-0.2, 0) is 9.59 Å². The molecule has 0 radical (unpaired) electrons. The van der Waals surface area contributed by atoms with Crippen molar-refractivity contribution in [2.45, 2.75) is 32.2 Å². The lowest BCUT2D eigenvalue weighted by Crippen LogP contribution is -2.56. The molecular formula is C14H28Cl2N4O2. The van der Waals surface area contributed by atoms with Gasteiger partial charge in [-0.25, -0.2) is 0 Å². The van der Waals surface area contributed by atoms with E-state index in [0.29, 0.717) is 13.1 Å². The smallest absolute Gasteiger partial charge is 0.239 e. The topological polar surface area (TPSA) is 64.7 Å². The molecule has 0 aliphatic carbocycles. The van der Waals surface area contributed by atoms with Gasteiger partial charge >= 0.3 is 0 Å². The maximum Gasteiger partial charge on any atom is 0.239 e. The van der Waals surface area contributed by atoms with Crippen LogP contribution in [0.15, 0.2) is 0 Å². The van der Waals surface area contributed by atoms with Gasteiger partial charge in [-0.2, -0.15) is 0 Å². The van der Waals surface area contributed by atoms with Gasteiger partial charge in [0.1, 0.15) is 0 Å². The number of hydrogen-bond acceptors (Lipinski definition) is 4. The Bertz CT molecular complexity index is 344. The highest BCUT2D eigenvalue weighted by Crippen LogP contribution is 2.11. The fourth-order valence-electron chi connectivity index (χ4n) is 2.87. The zero-order valence-electron chi connectivity index (χ0n) is 13.2. The first-order chi connectivity index (χ1) is 9.70. The number of nitrogens with zero attached hydrogens (tertiary/aromatic N) is 2. The highest BCUT2D eigenvalue weighted by Gasteiger charge is 2.28. The Balaban J connectivity index is 0.00000220. The first-order valence-electron chi connectivity index (χ1n) is 7.72. The van der Waals surface area contributed by atoms with E-state index in [1.54, 1.807) is 0 Å². The Hall–Kier alpha value is -0.560. The summed E-state index contributed by atoms with van der Waals surface area (Å²) in [5.41, 5.74) is 0. The summed E-state index contributed by atoms with van der Waals surface area (Å²) >= 11 is 0. The molecule has 0 aromatic rings. The number of piperazine rings is 1. The first-order valence-corrected chi connectivity index (χ1v) is 7.72. The molecule has 130 valence electrons. The standard InChI is InChI=1S/C14H26N4O2.2ClH/c1-2-15-13(19)11-17-7-9-18(10-8-17)14(20)12-5-3-4-6-16-12;;/h12,16H,2-11H2,1H3,(H,15,19);2*1H/t12-;;/m0../s1. The molecular weight excluding hydrogens is 327 g/mol. The highest BCUT2D eigenvalue weighted by molar-refractivity contribution is 5.85. The average Bonchev–Trinajstić information content (AvgIpc) is 2.48. The molecule has 2 rings (SSSR count). The van der Waals surface area contributed by atoms with Crippen LogP contribution in [-0.4, -0.2) is 73.5 Å². The van der Waals surface area contributed by atoms with Gasteiger partial charge in [-0.3, -0.25) is 14.5 Å². The molecule has 0 spiro atoms. The van der Waals surface area contributed by atoms with Crippen LogP contribution in [0.3, 0.4) is 0 Å². The fourth-order valence-corrected chi connectivity index (χ4v) is 2.87. The van der Waals surface area contributed by atoms with Crippen molar-refractivity contribution in [2.75, 3.05) is 45.8 Å². The Kier molecular flexibility index (Phi) is 10.8. The molecule has 0 aromatic carbocycles. The summed E-state index contributed by atoms with van der Waals surface area (Å²) in [7, 11) is 0. The molecule has 6 nitrogen and oxygen atoms in total. The Morgan fingerprint density at radius 1 is 1.14 bits per heavy atom. The average molecular weight is 355 g/mol. The number of rotatable bonds is 4. The lowest BCUT2D eigenvalue weighted by atomic mass is 10.0. The summed E-state index contributed by atoms with van der Waals surface area (Å²) in [5, 5.41) is 6.11. The van der Waals surface area contributed by atoms with E-state index in [0.717, 1.165) is 45.6 Å². The van der Waals surface area contributed by atoms with Crippen LogP contribution in [0.5, 0.6) is 0 Å². The van der Waals surface area contributed by atoms with Gasteiger partial charge in [0, 0.05) is 32.7 Å². The number of nitrogens with one attached hydrogen (secondary N) is 2. The minimum atomic E-state index is 0. The number of halogens is 2. The minimum Gasteiger partial charge on any atom is -0.355 e. The molecule has 2 amide bonds. The molecule has 0 unspecified atom stereocenters. The number of carbonyl (C=O) groups excluding carboxylic acids is 2. The second-order valence-corrected chi connectivity index (χ2v) is 5.56. The number of carbonyl (C=O) groups is 2. The number of piperidine rings is 1. The van der Waals surface area contributed by atoms with Gasteiger partial charge in [-0.1, -0.05) is 6.42 Å². The van der Waals surface area contributed by atoms with Crippen molar-refractivity contribution in [1.29, 1.82) is 0 Å². The molecule has 1 atom stereocenters. The molecule has 8 heteroatoms. The largest absolute Gasteiger partial charge is 0.355 e. The zero-order valence-corrected chi connectivity index (χ0v) is 14.8. The Labute approximate surface area is 145 Å². The third-order valence-electron chi connectivity index (χ3n) is 4.03. The van der Waals surface area contributed by atoms with Gasteiger partial charge in [0.25, 0.3) is 0 Å². The van der Waals surface area contributed by atoms with E-state index >= 15 is 0 Å². The molecule has 2 N–H and O–H groups in total. The molecule has 0 bridgehead atoms. The second kappa shape index (κ2) is 11.0. The van der Waals surface area contributed by atoms with E-state index < -0.39 is 0 Å². The van der Waals surface area contributed by atoms with E-state index in [-0.39, 0.29) is 42.7 Å². The Morgan fingerprint density at radius 2 is 1.82 bits per heavy atom. The van der Waals surface area contributed by atoms with Gasteiger partial charge < -0.3 is 15.5 Å². The number of hydrogen-bond donors (Lipinski definition) is 2. The van der Waals surface area contributed by atoms with Crippen LogP contribution < -0.4 is 10.6 Å². The predicted octanol–water partition coefficient (Wildman–Crippen LogP) is 0.252. The van der Waals surface area contributed by atoms with Crippen molar-refractivity contribution in [3.05, 3.63) is 0 Å². The van der Waals surface area contributed by atoms with Crippen LogP contribution in [0, 0.1) is 0 Å². The van der Waals surface area contributed by atoms with E-state index in [4.69, 9.17) is 0 Å². The van der Waals surface area contributed by atoms with Crippen molar-refractivity contribution in [3.63, 3.8) is 0 Å². The lowest BCUT2D eigenvalue weighted by Gasteiger charge is -2.37. The molecule has 2 fully saturated rings. The maximum atomic E-state index is 12.4. The summed E-state index contributed by atoms with van der Waals surface area (Å²) < 4.78 is 0. The quantitative estimate of drug-likeness (QED) is 0.759. The van der Waals surface area contributed by atoms with Crippen LogP contribution >= 0.6 is 24.8 Å². The maximum absolute atomic E-state index is 12.4. The van der Waals surface area contributed by atoms with Crippen LogP contribution in [0.2, 0.25) is 0 Å². The van der Waals surface area contributed by atoms with Crippen molar-refractivity contribution >= 4 is 36.6 Å². The number of amides is 2. The van der Waals surface area contributed by atoms with Gasteiger partial charge in [0.15, 0.2) is 0 Å². The first kappa shape index (κ1) is 21.4. The van der Waals surface area contributed by atoms with Gasteiger partial charge in [0.05, 0.1) is 12.6 Å². The van der Waals surface area contributed by atoms with Crippen LogP contribution in [0.4, 0.5) is 0 Å². The second-order valence-electron chi connectivity index (χ2n) is 5.56. The fraction of sp³-hybridized carbons (Fsp3) is 0.857. The van der Waals surface area contributed by atoms with Crippen molar-refractivity contribution in [2.24, 2.45) is 0 Å². The van der Waals surface area contributed by atoms with E-state index in [2.05, 4.69) is 15.5 Å². The summed E-state index contributed by atoms with van der Waals surface area (Å²) in [4.78, 5) is 27.9. The zero-order chi connectivity index (χ0) is 14.4. The van der Waals surface area contributed by atoms with E-state index in [1.165, 1.54) is 6.42 Å². The third kappa shape index (κ3) is 6.28. The minimum absolute atomic E-state index is 0. The van der Waals surface area contributed by atoms with Crippen LogP contribution in [0.25, 0.3) is 0 Å². The van der Waals surface area contributed by atoms with Crippen molar-refractivity contribution in [1.82, 2.24) is 20.4 Å². The van der Waals surface area contributed by atoms with Gasteiger partial charge in [0.2, 0.25) is 11.8 Å². The summed E-state index contributed by atoms with van der Waals surface area (Å²) in [6.07, 6.45) is 3.27. The van der Waals surface area contributed by atoms with E-state index in [1.807, 2.05) is 11.8 Å². The molecule has 2 aliphatic heterocycles. The summed E-state index contributed by atoms with van der Waals surface area (Å²) in [5.74, 6) is 0.309. The Morgan fingerprint density at radius 3 is 2.36 bits per heavy atom. The lowest BCUT2D eigenvalue weighted by molar-refractivity contribution is -0.136. The molecule has 2 aliphatic rings. The normalized spacial score (nSPS) is 22.2. The van der Waals surface area contributed by atoms with Crippen molar-refractivity contribution < 1.29 is 9.59 Å². The van der Waals surface area contributed by atoms with Gasteiger partial charge in [-0.15, -0.1) is 24.8 Å². The summed E-state index contributed by atoms with van der Waals surface area (Å²) in [6, 6.07) is 0.0127. The van der Waals surface area contributed by atoms with Gasteiger partial charge in [-0.05, 0) is 26.3 Å². The summed E-state index contributed by atoms with van der Waals surface area (Å²) in [6.45, 7) is 7.03. The molecule has 0 saturated carbocycles. The molecule has 22 heavy (non-hydrogen) atoms. The predicted molar refractivity (Wildman–Crippen MR) is 91.8 cm³/mol.